The third-order valence-corrected chi connectivity index (χ3v) is 3.64. The molecular formula is C16H10F3N3O5. The molecule has 0 saturated carbocycles. The molecule has 0 saturated heterocycles. The number of oxazole rings is 1. The van der Waals surface area contributed by atoms with Crippen molar-refractivity contribution in [3.05, 3.63) is 62.6 Å². The fourth-order valence-electron chi connectivity index (χ4n) is 2.56. The number of benzene rings is 2. The molecular weight excluding hydrogens is 371 g/mol. The molecule has 11 heteroatoms. The lowest BCUT2D eigenvalue weighted by Gasteiger charge is -2.09. The molecule has 1 amide bonds. The molecule has 140 valence electrons. The third-order valence-electron chi connectivity index (χ3n) is 3.64. The van der Waals surface area contributed by atoms with Crippen LogP contribution in [0.5, 0.6) is 0 Å². The largest absolute Gasteiger partial charge is 0.424 e. The van der Waals surface area contributed by atoms with Crippen molar-refractivity contribution >= 4 is 28.4 Å². The van der Waals surface area contributed by atoms with Crippen LogP contribution in [0.4, 0.5) is 24.5 Å². The number of nitro benzene ring substituents is 1. The van der Waals surface area contributed by atoms with E-state index in [-0.39, 0.29) is 16.8 Å². The second kappa shape index (κ2) is 6.27. The monoisotopic (exact) mass is 381 g/mol. The molecule has 0 unspecified atom stereocenters. The third kappa shape index (κ3) is 3.38. The predicted octanol–water partition coefficient (Wildman–Crippen LogP) is 3.47. The highest BCUT2D eigenvalue weighted by Gasteiger charge is 2.33. The zero-order valence-corrected chi connectivity index (χ0v) is 13.5. The first kappa shape index (κ1) is 18.2. The number of nitrogens with zero attached hydrogens (tertiary/aromatic N) is 2. The van der Waals surface area contributed by atoms with Gasteiger partial charge in [0.15, 0.2) is 5.58 Å². The summed E-state index contributed by atoms with van der Waals surface area (Å²) in [5, 5.41) is 13.8. The molecule has 27 heavy (non-hydrogen) atoms. The first-order valence-electron chi connectivity index (χ1n) is 7.37. The van der Waals surface area contributed by atoms with E-state index >= 15 is 0 Å². The van der Waals surface area contributed by atoms with Gasteiger partial charge in [-0.2, -0.15) is 13.2 Å². The Labute approximate surface area is 148 Å². The summed E-state index contributed by atoms with van der Waals surface area (Å²) in [6, 6.07) is 5.92. The summed E-state index contributed by atoms with van der Waals surface area (Å²) in [5.74, 6) is -1.42. The molecule has 1 aromatic heterocycles. The van der Waals surface area contributed by atoms with Gasteiger partial charge < -0.3 is 9.73 Å². The summed E-state index contributed by atoms with van der Waals surface area (Å²) in [7, 11) is 0. The summed E-state index contributed by atoms with van der Waals surface area (Å²) in [5.41, 5.74) is -2.16. The normalized spacial score (nSPS) is 11.6. The molecule has 0 radical (unpaired) electrons. The second-order valence-electron chi connectivity index (χ2n) is 5.53. The molecule has 0 aliphatic rings. The van der Waals surface area contributed by atoms with E-state index in [1.54, 1.807) is 0 Å². The van der Waals surface area contributed by atoms with Gasteiger partial charge in [0.25, 0.3) is 5.69 Å². The number of carbonyl (C=O) groups is 1. The Bertz CT molecular complexity index is 1130. The Morgan fingerprint density at radius 2 is 1.93 bits per heavy atom. The topological polar surface area (TPSA) is 107 Å². The van der Waals surface area contributed by atoms with E-state index in [0.717, 1.165) is 10.6 Å². The van der Waals surface area contributed by atoms with Gasteiger partial charge in [-0.15, -0.1) is 0 Å². The number of hydrogen-bond donors (Lipinski definition) is 1. The molecule has 0 aliphatic carbocycles. The number of anilines is 1. The Hall–Kier alpha value is -3.63. The minimum Gasteiger partial charge on any atom is -0.407 e. The van der Waals surface area contributed by atoms with E-state index < -0.39 is 39.7 Å². The number of halogens is 3. The number of carbonyl (C=O) groups excluding carboxylic acids is 1. The average Bonchev–Trinajstić information content (AvgIpc) is 2.88. The van der Waals surface area contributed by atoms with Gasteiger partial charge in [0, 0.05) is 18.7 Å². The first-order valence-corrected chi connectivity index (χ1v) is 7.37. The van der Waals surface area contributed by atoms with Gasteiger partial charge in [0.2, 0.25) is 5.91 Å². The van der Waals surface area contributed by atoms with E-state index in [1.165, 1.54) is 25.1 Å². The van der Waals surface area contributed by atoms with Gasteiger partial charge in [0.05, 0.1) is 16.0 Å². The lowest BCUT2D eigenvalue weighted by Crippen LogP contribution is -2.15. The number of alkyl halides is 3. The lowest BCUT2D eigenvalue weighted by atomic mass is 10.1. The summed E-state index contributed by atoms with van der Waals surface area (Å²) in [6.45, 7) is 1.26. The van der Waals surface area contributed by atoms with Gasteiger partial charge >= 0.3 is 11.9 Å². The van der Waals surface area contributed by atoms with Crippen LogP contribution in [0, 0.1) is 10.1 Å². The fourth-order valence-corrected chi connectivity index (χ4v) is 2.56. The van der Waals surface area contributed by atoms with Crippen molar-refractivity contribution in [2.45, 2.75) is 13.1 Å². The molecule has 1 N–H and O–H groups in total. The van der Waals surface area contributed by atoms with Crippen molar-refractivity contribution in [1.82, 2.24) is 4.57 Å². The van der Waals surface area contributed by atoms with Crippen LogP contribution >= 0.6 is 0 Å². The SMILES string of the molecule is CC(=O)Nc1ccc2oc(=O)n(-c3ccc(C(F)(F)F)cc3[N+](=O)[O-])c2c1. The van der Waals surface area contributed by atoms with Gasteiger partial charge in [-0.3, -0.25) is 14.9 Å². The van der Waals surface area contributed by atoms with Crippen LogP contribution in [-0.2, 0) is 11.0 Å². The molecule has 8 nitrogen and oxygen atoms in total. The van der Waals surface area contributed by atoms with Crippen LogP contribution in [0.25, 0.3) is 16.8 Å². The Balaban J connectivity index is 2.28. The van der Waals surface area contributed by atoms with E-state index in [1.807, 2.05) is 0 Å². The van der Waals surface area contributed by atoms with Crippen molar-refractivity contribution in [3.63, 3.8) is 0 Å². The fraction of sp³-hybridized carbons (Fsp3) is 0.125. The highest BCUT2D eigenvalue weighted by Crippen LogP contribution is 2.35. The van der Waals surface area contributed by atoms with Crippen LogP contribution in [-0.4, -0.2) is 15.4 Å². The number of hydrogen-bond acceptors (Lipinski definition) is 5. The minimum absolute atomic E-state index is 0.0447. The van der Waals surface area contributed by atoms with E-state index in [9.17, 15) is 32.9 Å². The van der Waals surface area contributed by atoms with Gasteiger partial charge in [-0.1, -0.05) is 0 Å². The van der Waals surface area contributed by atoms with Crippen molar-refractivity contribution in [3.8, 4) is 5.69 Å². The summed E-state index contributed by atoms with van der Waals surface area (Å²) in [6.07, 6.45) is -4.79. The highest BCUT2D eigenvalue weighted by molar-refractivity contribution is 5.91. The van der Waals surface area contributed by atoms with Crippen LogP contribution in [0.15, 0.2) is 45.6 Å². The molecule has 1 heterocycles. The Kier molecular flexibility index (Phi) is 4.22. The zero-order chi connectivity index (χ0) is 19.9. The first-order chi connectivity index (χ1) is 12.6. The van der Waals surface area contributed by atoms with E-state index in [2.05, 4.69) is 5.32 Å². The molecule has 0 fully saturated rings. The van der Waals surface area contributed by atoms with Crippen molar-refractivity contribution in [1.29, 1.82) is 0 Å². The smallest absolute Gasteiger partial charge is 0.407 e. The maximum absolute atomic E-state index is 12.9. The molecule has 0 atom stereocenters. The Morgan fingerprint density at radius 3 is 2.52 bits per heavy atom. The predicted molar refractivity (Wildman–Crippen MR) is 87.8 cm³/mol. The van der Waals surface area contributed by atoms with Crippen molar-refractivity contribution < 1.29 is 27.3 Å². The lowest BCUT2D eigenvalue weighted by molar-refractivity contribution is -0.384. The summed E-state index contributed by atoms with van der Waals surface area (Å²) >= 11 is 0. The molecule has 0 aliphatic heterocycles. The van der Waals surface area contributed by atoms with Crippen LogP contribution in [0.2, 0.25) is 0 Å². The van der Waals surface area contributed by atoms with Crippen LogP contribution < -0.4 is 11.1 Å². The molecule has 3 aromatic rings. The number of nitrogens with one attached hydrogen (secondary N) is 1. The van der Waals surface area contributed by atoms with Gasteiger partial charge in [0.1, 0.15) is 5.69 Å². The maximum atomic E-state index is 12.9. The second-order valence-corrected chi connectivity index (χ2v) is 5.53. The number of amides is 1. The maximum Gasteiger partial charge on any atom is 0.424 e. The van der Waals surface area contributed by atoms with Crippen LogP contribution in [0.1, 0.15) is 12.5 Å². The van der Waals surface area contributed by atoms with Crippen LogP contribution in [0.3, 0.4) is 0 Å². The number of rotatable bonds is 3. The Morgan fingerprint density at radius 1 is 1.22 bits per heavy atom. The quantitative estimate of drug-likeness (QED) is 0.552. The molecule has 2 aromatic carbocycles. The van der Waals surface area contributed by atoms with Gasteiger partial charge in [-0.25, -0.2) is 9.36 Å². The average molecular weight is 381 g/mol. The van der Waals surface area contributed by atoms with E-state index in [4.69, 9.17) is 4.42 Å². The summed E-state index contributed by atoms with van der Waals surface area (Å²) in [4.78, 5) is 33.6. The van der Waals surface area contributed by atoms with Crippen molar-refractivity contribution in [2.24, 2.45) is 0 Å². The zero-order valence-electron chi connectivity index (χ0n) is 13.5. The summed E-state index contributed by atoms with van der Waals surface area (Å²) < 4.78 is 44.4. The standard InChI is InChI=1S/C16H10F3N3O5/c1-8(23)20-10-3-5-14-13(7-10)21(15(24)27-14)11-4-2-9(16(17,18)19)6-12(11)22(25)26/h2-7H,1H3,(H,20,23). The molecule has 0 spiro atoms. The number of nitro groups is 1. The van der Waals surface area contributed by atoms with Crippen molar-refractivity contribution in [2.75, 3.05) is 5.32 Å². The van der Waals surface area contributed by atoms with E-state index in [0.29, 0.717) is 12.1 Å². The minimum atomic E-state index is -4.79. The molecule has 0 bridgehead atoms. The number of aromatic nitrogens is 1. The number of fused-ring (bicyclic) bond motifs is 1. The van der Waals surface area contributed by atoms with Gasteiger partial charge in [-0.05, 0) is 30.3 Å². The molecule has 3 rings (SSSR count). The highest BCUT2D eigenvalue weighted by atomic mass is 19.4.